The van der Waals surface area contributed by atoms with Crippen LogP contribution in [0.25, 0.3) is 210 Å². The Morgan fingerprint density at radius 1 is 0.200 bits per heavy atom. The summed E-state index contributed by atoms with van der Waals surface area (Å²) in [5.74, 6) is 1.58. The van der Waals surface area contributed by atoms with Gasteiger partial charge in [0, 0.05) is 115 Å². The Labute approximate surface area is 629 Å². The molecule has 0 bridgehead atoms. The number of para-hydroxylation sites is 8. The Hall–Kier alpha value is -15.2. The molecule has 0 unspecified atom stereocenters. The van der Waals surface area contributed by atoms with E-state index < -0.39 is 0 Å². The molecule has 0 saturated heterocycles. The molecule has 0 atom stereocenters. The molecule has 0 aliphatic carbocycles. The molecule has 23 aromatic rings. The summed E-state index contributed by atoms with van der Waals surface area (Å²) < 4.78 is 14.4. The van der Waals surface area contributed by atoms with Crippen molar-refractivity contribution < 1.29 is 0 Å². The van der Waals surface area contributed by atoms with Gasteiger partial charge < -0.3 is 27.4 Å². The first-order valence-electron chi connectivity index (χ1n) is 37.2. The minimum Gasteiger partial charge on any atom is -0.309 e. The first-order chi connectivity index (χ1) is 54.5. The van der Waals surface area contributed by atoms with Gasteiger partial charge in [-0.1, -0.05) is 212 Å². The van der Waals surface area contributed by atoms with E-state index in [1.807, 2.05) is 72.8 Å². The third-order valence-electron chi connectivity index (χ3n) is 22.7. The zero-order valence-corrected chi connectivity index (χ0v) is 59.1. The van der Waals surface area contributed by atoms with Crippen molar-refractivity contribution in [1.29, 1.82) is 5.26 Å². The summed E-state index contributed by atoms with van der Waals surface area (Å²) in [5.41, 5.74) is 23.3. The highest BCUT2D eigenvalue weighted by atomic mass is 15.1. The van der Waals surface area contributed by atoms with Gasteiger partial charge in [-0.15, -0.1) is 0 Å². The van der Waals surface area contributed by atoms with Crippen molar-refractivity contribution in [3.8, 4) is 85.5 Å². The summed E-state index contributed by atoms with van der Waals surface area (Å²) in [6, 6.07) is 133. The van der Waals surface area contributed by atoms with E-state index in [1.54, 1.807) is 0 Å². The standard InChI is InChI=1S/C100H60N10/c101-61-65-28-23-45-96(110-93-54-49-68(107-87-41-19-11-33-74(87)75-34-12-20-42-88(75)107)59-80(93)81-60-69(50-55-94(81)110)108-89-43-21-13-35-76(89)77-36-14-22-44-90(77)108)97(65)82-56-64(100-103-98(62-24-3-1-4-25-62)102-99(104-100)63-26-5-2-6-27-63)46-51-95(82)109-91-52-47-66(105-83-37-15-7-29-70(83)71-30-8-16-38-84(71)105)57-78(91)79-58-67(48-53-92(79)109)106-85-39-17-9-31-72(85)73-32-10-18-40-86(73)106/h1-60H. The number of nitriles is 1. The Kier molecular flexibility index (Phi) is 13.3. The number of rotatable bonds is 10. The maximum atomic E-state index is 12.2. The van der Waals surface area contributed by atoms with Crippen LogP contribution >= 0.6 is 0 Å². The van der Waals surface area contributed by atoms with Crippen LogP contribution in [0, 0.1) is 11.3 Å². The monoisotopic (exact) mass is 1400 g/mol. The minimum atomic E-state index is 0.488. The fourth-order valence-electron chi connectivity index (χ4n) is 18.0. The maximum absolute atomic E-state index is 12.2. The van der Waals surface area contributed by atoms with Crippen LogP contribution in [-0.4, -0.2) is 42.4 Å². The molecule has 0 radical (unpaired) electrons. The van der Waals surface area contributed by atoms with Crippen molar-refractivity contribution in [2.75, 3.05) is 0 Å². The second-order valence-electron chi connectivity index (χ2n) is 28.5. The number of hydrogen-bond acceptors (Lipinski definition) is 4. The van der Waals surface area contributed by atoms with Crippen LogP contribution in [-0.2, 0) is 0 Å². The fraction of sp³-hybridized carbons (Fsp3) is 0. The van der Waals surface area contributed by atoms with Crippen LogP contribution in [0.4, 0.5) is 0 Å². The van der Waals surface area contributed by atoms with Crippen molar-refractivity contribution in [3.63, 3.8) is 0 Å². The number of aromatic nitrogens is 9. The highest BCUT2D eigenvalue weighted by Crippen LogP contribution is 2.48. The second-order valence-corrected chi connectivity index (χ2v) is 28.5. The molecular weight excluding hydrogens is 1340 g/mol. The number of nitrogens with zero attached hydrogens (tertiary/aromatic N) is 10. The van der Waals surface area contributed by atoms with Crippen LogP contribution in [0.15, 0.2) is 364 Å². The lowest BCUT2D eigenvalue weighted by molar-refractivity contribution is 1.07. The van der Waals surface area contributed by atoms with E-state index in [0.29, 0.717) is 23.0 Å². The molecule has 0 aliphatic heterocycles. The summed E-state index contributed by atoms with van der Waals surface area (Å²) in [4.78, 5) is 16.0. The highest BCUT2D eigenvalue weighted by molar-refractivity contribution is 6.18. The van der Waals surface area contributed by atoms with Crippen LogP contribution in [0.2, 0.25) is 0 Å². The highest BCUT2D eigenvalue weighted by Gasteiger charge is 2.28. The van der Waals surface area contributed by atoms with Crippen LogP contribution in [0.3, 0.4) is 0 Å². The average Bonchev–Trinajstić information content (AvgIpc) is 1.62. The zero-order chi connectivity index (χ0) is 72.2. The molecule has 7 heterocycles. The van der Waals surface area contributed by atoms with Gasteiger partial charge in [-0.3, -0.25) is 0 Å². The van der Waals surface area contributed by atoms with Gasteiger partial charge in [0.15, 0.2) is 17.5 Å². The van der Waals surface area contributed by atoms with E-state index in [9.17, 15) is 5.26 Å². The molecule has 16 aromatic carbocycles. The molecule has 0 spiro atoms. The Bertz CT molecular complexity index is 7250. The lowest BCUT2D eigenvalue weighted by atomic mass is 9.94. The SMILES string of the molecule is N#Cc1cccc(-n2c3ccc(-n4c5ccccc5c5ccccc54)cc3c3cc(-n4c5ccccc5c5ccccc54)ccc32)c1-c1cc(-c2nc(-c3ccccc3)nc(-c3ccccc3)n2)ccc1-n1c2ccc(-n3c4ccccc4c4ccccc43)cc2c2cc(-n3c4ccccc4c4ccccc43)ccc21. The van der Waals surface area contributed by atoms with E-state index in [2.05, 4.69) is 325 Å². The minimum absolute atomic E-state index is 0.488. The van der Waals surface area contributed by atoms with Crippen molar-refractivity contribution in [1.82, 2.24) is 42.4 Å². The fourth-order valence-corrected chi connectivity index (χ4v) is 18.0. The largest absolute Gasteiger partial charge is 0.309 e. The normalized spacial score (nSPS) is 12.0. The van der Waals surface area contributed by atoms with E-state index in [0.717, 1.165) is 150 Å². The van der Waals surface area contributed by atoms with E-state index >= 15 is 0 Å². The van der Waals surface area contributed by atoms with Crippen LogP contribution < -0.4 is 0 Å². The Balaban J connectivity index is 0.828. The third-order valence-corrected chi connectivity index (χ3v) is 22.7. The van der Waals surface area contributed by atoms with Crippen molar-refractivity contribution in [3.05, 3.63) is 370 Å². The van der Waals surface area contributed by atoms with Gasteiger partial charge in [-0.05, 0) is 152 Å². The molecule has 110 heavy (non-hydrogen) atoms. The molecule has 7 aromatic heterocycles. The topological polar surface area (TPSA) is 92.0 Å². The van der Waals surface area contributed by atoms with E-state index in [-0.39, 0.29) is 0 Å². The molecule has 0 fully saturated rings. The van der Waals surface area contributed by atoms with Gasteiger partial charge in [-0.25, -0.2) is 15.0 Å². The molecule has 0 amide bonds. The smallest absolute Gasteiger partial charge is 0.164 e. The number of hydrogen-bond donors (Lipinski definition) is 0. The van der Waals surface area contributed by atoms with E-state index in [4.69, 9.17) is 15.0 Å². The Morgan fingerprint density at radius 2 is 0.473 bits per heavy atom. The Morgan fingerprint density at radius 3 is 0.782 bits per heavy atom. The first kappa shape index (κ1) is 61.2. The summed E-state index contributed by atoms with van der Waals surface area (Å²) >= 11 is 0. The average molecular weight is 1400 g/mol. The third kappa shape index (κ3) is 9.06. The van der Waals surface area contributed by atoms with Gasteiger partial charge in [0.1, 0.15) is 0 Å². The molecule has 0 aliphatic rings. The van der Waals surface area contributed by atoms with Gasteiger partial charge in [0.2, 0.25) is 0 Å². The molecule has 0 saturated carbocycles. The quantitative estimate of drug-likeness (QED) is 0.136. The zero-order valence-electron chi connectivity index (χ0n) is 59.1. The van der Waals surface area contributed by atoms with E-state index in [1.165, 1.54) is 43.1 Å². The first-order valence-corrected chi connectivity index (χ1v) is 37.2. The van der Waals surface area contributed by atoms with Gasteiger partial charge in [0.25, 0.3) is 0 Å². The summed E-state index contributed by atoms with van der Waals surface area (Å²) in [6.07, 6.45) is 0. The van der Waals surface area contributed by atoms with Crippen LogP contribution in [0.5, 0.6) is 0 Å². The maximum Gasteiger partial charge on any atom is 0.164 e. The number of fused-ring (bicyclic) bond motifs is 18. The molecule has 10 heteroatoms. The van der Waals surface area contributed by atoms with Crippen molar-refractivity contribution in [2.24, 2.45) is 0 Å². The second kappa shape index (κ2) is 23.9. The number of benzene rings is 16. The lowest BCUT2D eigenvalue weighted by Crippen LogP contribution is -2.05. The molecular formula is C100H60N10. The van der Waals surface area contributed by atoms with Crippen LogP contribution in [0.1, 0.15) is 5.56 Å². The predicted molar refractivity (Wildman–Crippen MR) is 452 cm³/mol. The van der Waals surface area contributed by atoms with Gasteiger partial charge in [-0.2, -0.15) is 5.26 Å². The summed E-state index contributed by atoms with van der Waals surface area (Å²) in [6.45, 7) is 0. The molecule has 10 nitrogen and oxygen atoms in total. The molecule has 0 N–H and O–H groups in total. The lowest BCUT2D eigenvalue weighted by Gasteiger charge is -2.21. The molecule has 23 rings (SSSR count). The molecule has 510 valence electrons. The van der Waals surface area contributed by atoms with Crippen molar-refractivity contribution >= 4 is 131 Å². The predicted octanol–water partition coefficient (Wildman–Crippen LogP) is 25.0. The van der Waals surface area contributed by atoms with Gasteiger partial charge >= 0.3 is 0 Å². The summed E-state index contributed by atoms with van der Waals surface area (Å²) in [5, 5.41) is 25.9. The van der Waals surface area contributed by atoms with Gasteiger partial charge in [0.05, 0.1) is 89.2 Å². The van der Waals surface area contributed by atoms with Crippen molar-refractivity contribution in [2.45, 2.75) is 0 Å². The summed E-state index contributed by atoms with van der Waals surface area (Å²) in [7, 11) is 0.